The Balaban J connectivity index is 1.30. The topological polar surface area (TPSA) is 64.6 Å². The number of hydrogen-bond acceptors (Lipinski definition) is 4. The van der Waals surface area contributed by atoms with Gasteiger partial charge in [-0.15, -0.1) is 0 Å². The number of rotatable bonds is 9. The van der Waals surface area contributed by atoms with E-state index >= 15 is 0 Å². The van der Waals surface area contributed by atoms with Crippen molar-refractivity contribution in [3.63, 3.8) is 0 Å². The molecule has 2 aliphatic heterocycles. The van der Waals surface area contributed by atoms with E-state index in [0.29, 0.717) is 6.54 Å². The minimum absolute atomic E-state index is 0.391. The standard InChI is InChI=1S/C22H31N3O2/c26-21(27)22(11-4-5-13-24-22)18-23-12-6-14-25-15-9-20(10-16-25)17-19-7-2-1-3-8-19/h1-5,7-8,11,13,20,23-24H,6,9-10,12,14-18H2,(H,26,27). The summed E-state index contributed by atoms with van der Waals surface area (Å²) in [5.41, 5.74) is 0.428. The van der Waals surface area contributed by atoms with Crippen LogP contribution >= 0.6 is 0 Å². The highest BCUT2D eigenvalue weighted by Crippen LogP contribution is 2.21. The van der Waals surface area contributed by atoms with Crippen LogP contribution in [-0.4, -0.2) is 54.2 Å². The minimum atomic E-state index is -1.02. The van der Waals surface area contributed by atoms with Crippen LogP contribution in [0.15, 0.2) is 54.8 Å². The first-order valence-corrected chi connectivity index (χ1v) is 10.0. The molecule has 0 amide bonds. The number of piperidine rings is 1. The van der Waals surface area contributed by atoms with Gasteiger partial charge in [0.1, 0.15) is 0 Å². The average Bonchev–Trinajstić information content (AvgIpc) is 2.70. The summed E-state index contributed by atoms with van der Waals surface area (Å²) >= 11 is 0. The summed E-state index contributed by atoms with van der Waals surface area (Å²) < 4.78 is 0. The first kappa shape index (κ1) is 19.6. The summed E-state index contributed by atoms with van der Waals surface area (Å²) in [4.78, 5) is 14.1. The lowest BCUT2D eigenvalue weighted by Gasteiger charge is -2.32. The Hall–Kier alpha value is -2.11. The van der Waals surface area contributed by atoms with Crippen molar-refractivity contribution in [2.24, 2.45) is 5.92 Å². The zero-order valence-electron chi connectivity index (χ0n) is 15.9. The molecule has 0 aromatic heterocycles. The molecule has 2 aliphatic rings. The lowest BCUT2D eigenvalue weighted by atomic mass is 9.90. The maximum Gasteiger partial charge on any atom is 0.334 e. The fraction of sp³-hybridized carbons (Fsp3) is 0.500. The molecule has 5 nitrogen and oxygen atoms in total. The predicted octanol–water partition coefficient (Wildman–Crippen LogP) is 2.42. The number of carboxylic acids is 1. The Morgan fingerprint density at radius 1 is 1.22 bits per heavy atom. The zero-order chi connectivity index (χ0) is 19.0. The van der Waals surface area contributed by atoms with Crippen LogP contribution in [0.2, 0.25) is 0 Å². The van der Waals surface area contributed by atoms with E-state index in [9.17, 15) is 9.90 Å². The van der Waals surface area contributed by atoms with Gasteiger partial charge in [0.2, 0.25) is 0 Å². The average molecular weight is 370 g/mol. The van der Waals surface area contributed by atoms with Crippen LogP contribution in [0.5, 0.6) is 0 Å². The summed E-state index contributed by atoms with van der Waals surface area (Å²) in [6.45, 7) is 4.64. The second-order valence-corrected chi connectivity index (χ2v) is 7.64. The van der Waals surface area contributed by atoms with Crippen LogP contribution in [0.1, 0.15) is 24.8 Å². The molecule has 1 unspecified atom stereocenters. The van der Waals surface area contributed by atoms with Crippen molar-refractivity contribution in [1.82, 2.24) is 15.5 Å². The van der Waals surface area contributed by atoms with Gasteiger partial charge in [0.05, 0.1) is 0 Å². The van der Waals surface area contributed by atoms with Gasteiger partial charge in [-0.2, -0.15) is 0 Å². The van der Waals surface area contributed by atoms with Crippen molar-refractivity contribution in [3.05, 3.63) is 60.3 Å². The highest BCUT2D eigenvalue weighted by atomic mass is 16.4. The number of likely N-dealkylation sites (tertiary alicyclic amines) is 1. The number of benzene rings is 1. The predicted molar refractivity (Wildman–Crippen MR) is 109 cm³/mol. The molecule has 2 heterocycles. The number of nitrogens with zero attached hydrogens (tertiary/aromatic N) is 1. The molecule has 1 aromatic rings. The lowest BCUT2D eigenvalue weighted by Crippen LogP contribution is -2.56. The highest BCUT2D eigenvalue weighted by Gasteiger charge is 2.35. The van der Waals surface area contributed by atoms with Gasteiger partial charge in [0, 0.05) is 6.54 Å². The van der Waals surface area contributed by atoms with Crippen molar-refractivity contribution in [3.8, 4) is 0 Å². The number of carboxylic acid groups (broad SMARTS) is 1. The van der Waals surface area contributed by atoms with E-state index in [4.69, 9.17) is 0 Å². The number of allylic oxidation sites excluding steroid dienone is 2. The third-order valence-corrected chi connectivity index (χ3v) is 5.62. The molecule has 146 valence electrons. The van der Waals surface area contributed by atoms with Gasteiger partial charge in [-0.25, -0.2) is 4.79 Å². The summed E-state index contributed by atoms with van der Waals surface area (Å²) in [6.07, 6.45) is 11.8. The van der Waals surface area contributed by atoms with Crippen LogP contribution in [-0.2, 0) is 11.2 Å². The van der Waals surface area contributed by atoms with E-state index in [1.807, 2.05) is 6.08 Å². The maximum absolute atomic E-state index is 11.6. The first-order valence-electron chi connectivity index (χ1n) is 10.0. The van der Waals surface area contributed by atoms with Crippen LogP contribution in [0.3, 0.4) is 0 Å². The molecule has 0 bridgehead atoms. The van der Waals surface area contributed by atoms with E-state index < -0.39 is 11.5 Å². The SMILES string of the molecule is O=C(O)C1(CNCCCN2CCC(Cc3ccccc3)CC2)C=CC=CN1. The minimum Gasteiger partial charge on any atom is -0.479 e. The van der Waals surface area contributed by atoms with Crippen molar-refractivity contribution in [2.75, 3.05) is 32.7 Å². The smallest absolute Gasteiger partial charge is 0.334 e. The molecule has 1 fully saturated rings. The van der Waals surface area contributed by atoms with Crippen molar-refractivity contribution in [2.45, 2.75) is 31.2 Å². The van der Waals surface area contributed by atoms with Crippen molar-refractivity contribution in [1.29, 1.82) is 0 Å². The zero-order valence-corrected chi connectivity index (χ0v) is 15.9. The third-order valence-electron chi connectivity index (χ3n) is 5.62. The van der Waals surface area contributed by atoms with Gasteiger partial charge < -0.3 is 20.6 Å². The van der Waals surface area contributed by atoms with Crippen molar-refractivity contribution < 1.29 is 9.90 Å². The number of carbonyl (C=O) groups is 1. The van der Waals surface area contributed by atoms with Gasteiger partial charge in [0.15, 0.2) is 5.54 Å². The molecule has 5 heteroatoms. The van der Waals surface area contributed by atoms with E-state index in [1.165, 1.54) is 37.9 Å². The molecule has 3 N–H and O–H groups in total. The van der Waals surface area contributed by atoms with Crippen LogP contribution in [0.4, 0.5) is 0 Å². The molecule has 1 aromatic carbocycles. The first-order chi connectivity index (χ1) is 13.2. The Kier molecular flexibility index (Phi) is 7.07. The van der Waals surface area contributed by atoms with E-state index in [1.54, 1.807) is 18.4 Å². The second-order valence-electron chi connectivity index (χ2n) is 7.64. The van der Waals surface area contributed by atoms with Gasteiger partial charge in [-0.1, -0.05) is 36.4 Å². The van der Waals surface area contributed by atoms with Crippen LogP contribution in [0.25, 0.3) is 0 Å². The summed E-state index contributed by atoms with van der Waals surface area (Å²) in [5.74, 6) is -0.0505. The lowest BCUT2D eigenvalue weighted by molar-refractivity contribution is -0.142. The fourth-order valence-electron chi connectivity index (χ4n) is 3.91. The molecule has 0 aliphatic carbocycles. The second kappa shape index (κ2) is 9.72. The largest absolute Gasteiger partial charge is 0.479 e. The Labute approximate surface area is 162 Å². The highest BCUT2D eigenvalue weighted by molar-refractivity contribution is 5.82. The van der Waals surface area contributed by atoms with E-state index in [2.05, 4.69) is 45.9 Å². The molecule has 1 saturated heterocycles. The number of aliphatic carboxylic acids is 1. The van der Waals surface area contributed by atoms with Gasteiger partial charge in [-0.05, 0) is 81.7 Å². The van der Waals surface area contributed by atoms with Gasteiger partial charge >= 0.3 is 5.97 Å². The number of hydrogen-bond donors (Lipinski definition) is 3. The Morgan fingerprint density at radius 2 is 2.00 bits per heavy atom. The van der Waals surface area contributed by atoms with Crippen LogP contribution in [0, 0.1) is 5.92 Å². The van der Waals surface area contributed by atoms with Gasteiger partial charge in [0.25, 0.3) is 0 Å². The Bertz CT molecular complexity index is 651. The van der Waals surface area contributed by atoms with Gasteiger partial charge in [-0.3, -0.25) is 0 Å². The summed E-state index contributed by atoms with van der Waals surface area (Å²) in [6, 6.07) is 10.8. The van der Waals surface area contributed by atoms with E-state index in [-0.39, 0.29) is 0 Å². The quantitative estimate of drug-likeness (QED) is 0.584. The normalized spacial score (nSPS) is 23.3. The van der Waals surface area contributed by atoms with E-state index in [0.717, 1.165) is 25.4 Å². The monoisotopic (exact) mass is 369 g/mol. The number of nitrogens with one attached hydrogen (secondary N) is 2. The van der Waals surface area contributed by atoms with Crippen LogP contribution < -0.4 is 10.6 Å². The number of dihydropyridines is 1. The molecule has 3 rings (SSSR count). The Morgan fingerprint density at radius 3 is 2.67 bits per heavy atom. The summed E-state index contributed by atoms with van der Waals surface area (Å²) in [7, 11) is 0. The fourth-order valence-corrected chi connectivity index (χ4v) is 3.91. The molecule has 27 heavy (non-hydrogen) atoms. The molecule has 0 spiro atoms. The molecule has 0 radical (unpaired) electrons. The maximum atomic E-state index is 11.6. The third kappa shape index (κ3) is 5.68. The molecular formula is C22H31N3O2. The molecule has 0 saturated carbocycles. The molecule has 1 atom stereocenters. The summed E-state index contributed by atoms with van der Waals surface area (Å²) in [5, 5.41) is 15.7. The molecular weight excluding hydrogens is 338 g/mol. The van der Waals surface area contributed by atoms with Crippen molar-refractivity contribution >= 4 is 5.97 Å².